The van der Waals surface area contributed by atoms with Gasteiger partial charge < -0.3 is 10.5 Å². The van der Waals surface area contributed by atoms with Crippen LogP contribution in [0.25, 0.3) is 0 Å². The number of nitrogens with two attached hydrogens (primary N) is 1. The van der Waals surface area contributed by atoms with Crippen LogP contribution in [-0.4, -0.2) is 18.1 Å². The van der Waals surface area contributed by atoms with Gasteiger partial charge in [-0.25, -0.2) is 0 Å². The van der Waals surface area contributed by atoms with Crippen molar-refractivity contribution in [1.82, 2.24) is 0 Å². The molecule has 21 heavy (non-hydrogen) atoms. The second-order valence-electron chi connectivity index (χ2n) is 6.77. The van der Waals surface area contributed by atoms with E-state index in [0.29, 0.717) is 6.61 Å². The van der Waals surface area contributed by atoms with E-state index in [-0.39, 0.29) is 11.8 Å². The summed E-state index contributed by atoms with van der Waals surface area (Å²) in [5.74, 6) is -0.00774. The zero-order valence-electron chi connectivity index (χ0n) is 14.2. The van der Waals surface area contributed by atoms with E-state index in [0.717, 1.165) is 6.42 Å². The van der Waals surface area contributed by atoms with Crippen LogP contribution in [0.5, 0.6) is 0 Å². The van der Waals surface area contributed by atoms with E-state index in [2.05, 4.69) is 13.8 Å². The van der Waals surface area contributed by atoms with Gasteiger partial charge in [0.25, 0.3) is 5.91 Å². The SMILES string of the molecule is CCCCCCCCCCCCCC(C)C1(C(N)=O)CO1. The minimum absolute atomic E-state index is 0.272. The minimum Gasteiger partial charge on any atom is -0.367 e. The zero-order valence-corrected chi connectivity index (χ0v) is 14.2. The molecule has 1 aliphatic rings. The van der Waals surface area contributed by atoms with Gasteiger partial charge in [0.15, 0.2) is 5.60 Å². The van der Waals surface area contributed by atoms with Crippen molar-refractivity contribution in [3.63, 3.8) is 0 Å². The molecule has 1 aliphatic heterocycles. The van der Waals surface area contributed by atoms with E-state index in [1.165, 1.54) is 70.6 Å². The quantitative estimate of drug-likeness (QED) is 0.377. The van der Waals surface area contributed by atoms with Gasteiger partial charge in [0.2, 0.25) is 0 Å². The summed E-state index contributed by atoms with van der Waals surface area (Å²) in [6.45, 7) is 4.89. The molecule has 2 unspecified atom stereocenters. The zero-order chi connectivity index (χ0) is 15.6. The number of hydrogen-bond acceptors (Lipinski definition) is 2. The van der Waals surface area contributed by atoms with Crippen LogP contribution in [0.2, 0.25) is 0 Å². The number of rotatable bonds is 14. The lowest BCUT2D eigenvalue weighted by Crippen LogP contribution is -2.37. The van der Waals surface area contributed by atoms with Crippen molar-refractivity contribution in [2.75, 3.05) is 6.61 Å². The van der Waals surface area contributed by atoms with E-state index < -0.39 is 5.60 Å². The van der Waals surface area contributed by atoms with Gasteiger partial charge in [0.1, 0.15) is 0 Å². The maximum absolute atomic E-state index is 11.3. The molecular formula is C18H35NO2. The predicted molar refractivity (Wildman–Crippen MR) is 88.1 cm³/mol. The first kappa shape index (κ1) is 18.5. The molecule has 0 bridgehead atoms. The molecule has 1 rings (SSSR count). The van der Waals surface area contributed by atoms with Crippen LogP contribution in [0, 0.1) is 5.92 Å². The average Bonchev–Trinajstić information content (AvgIpc) is 3.26. The van der Waals surface area contributed by atoms with Crippen LogP contribution in [0.1, 0.15) is 90.9 Å². The van der Waals surface area contributed by atoms with Gasteiger partial charge in [0.05, 0.1) is 6.61 Å². The van der Waals surface area contributed by atoms with Gasteiger partial charge in [-0.3, -0.25) is 4.79 Å². The third-order valence-electron chi connectivity index (χ3n) is 4.91. The van der Waals surface area contributed by atoms with Crippen LogP contribution in [0.4, 0.5) is 0 Å². The molecule has 124 valence electrons. The smallest absolute Gasteiger partial charge is 0.252 e. The molecule has 0 spiro atoms. The van der Waals surface area contributed by atoms with Crippen molar-refractivity contribution < 1.29 is 9.53 Å². The Labute approximate surface area is 131 Å². The second-order valence-corrected chi connectivity index (χ2v) is 6.77. The van der Waals surface area contributed by atoms with E-state index in [4.69, 9.17) is 10.5 Å². The normalized spacial score (nSPS) is 22.2. The highest BCUT2D eigenvalue weighted by atomic mass is 16.6. The summed E-state index contributed by atoms with van der Waals surface area (Å²) in [4.78, 5) is 11.3. The molecule has 1 saturated heterocycles. The minimum atomic E-state index is -0.613. The number of amides is 1. The van der Waals surface area contributed by atoms with Crippen molar-refractivity contribution >= 4 is 5.91 Å². The van der Waals surface area contributed by atoms with Crippen LogP contribution in [0.15, 0.2) is 0 Å². The van der Waals surface area contributed by atoms with E-state index in [1.54, 1.807) is 0 Å². The third kappa shape index (κ3) is 6.82. The number of carbonyl (C=O) groups excluding carboxylic acids is 1. The highest BCUT2D eigenvalue weighted by Gasteiger charge is 2.54. The predicted octanol–water partition coefficient (Wildman–Crippen LogP) is 4.58. The highest BCUT2D eigenvalue weighted by Crippen LogP contribution is 2.37. The fourth-order valence-corrected chi connectivity index (χ4v) is 3.10. The third-order valence-corrected chi connectivity index (χ3v) is 4.91. The Morgan fingerprint density at radius 3 is 1.81 bits per heavy atom. The molecular weight excluding hydrogens is 262 g/mol. The monoisotopic (exact) mass is 297 g/mol. The fourth-order valence-electron chi connectivity index (χ4n) is 3.10. The van der Waals surface area contributed by atoms with Gasteiger partial charge in [-0.15, -0.1) is 0 Å². The Morgan fingerprint density at radius 1 is 1.00 bits per heavy atom. The maximum atomic E-state index is 11.3. The van der Waals surface area contributed by atoms with Gasteiger partial charge in [-0.2, -0.15) is 0 Å². The van der Waals surface area contributed by atoms with E-state index >= 15 is 0 Å². The van der Waals surface area contributed by atoms with Gasteiger partial charge in [0, 0.05) is 0 Å². The number of hydrogen-bond donors (Lipinski definition) is 1. The van der Waals surface area contributed by atoms with Crippen molar-refractivity contribution in [2.45, 2.75) is 96.5 Å². The molecule has 0 aromatic carbocycles. The van der Waals surface area contributed by atoms with E-state index in [9.17, 15) is 4.79 Å². The molecule has 0 aliphatic carbocycles. The second kappa shape index (κ2) is 10.2. The number of epoxide rings is 1. The lowest BCUT2D eigenvalue weighted by atomic mass is 9.89. The van der Waals surface area contributed by atoms with E-state index in [1.807, 2.05) is 0 Å². The largest absolute Gasteiger partial charge is 0.367 e. The lowest BCUT2D eigenvalue weighted by Gasteiger charge is -2.16. The first-order chi connectivity index (χ1) is 10.1. The molecule has 0 aromatic heterocycles. The first-order valence-electron chi connectivity index (χ1n) is 9.07. The van der Waals surface area contributed by atoms with Crippen molar-refractivity contribution in [2.24, 2.45) is 11.7 Å². The standard InChI is InChI=1S/C18H35NO2/c1-3-4-5-6-7-8-9-10-11-12-13-14-16(2)18(15-21-18)17(19)20/h16H,3-15H2,1-2H3,(H2,19,20). The van der Waals surface area contributed by atoms with Crippen LogP contribution < -0.4 is 5.73 Å². The molecule has 2 N–H and O–H groups in total. The summed E-state index contributed by atoms with van der Waals surface area (Å²) < 4.78 is 5.30. The maximum Gasteiger partial charge on any atom is 0.252 e. The van der Waals surface area contributed by atoms with Crippen LogP contribution in [0.3, 0.4) is 0 Å². The summed E-state index contributed by atoms with van der Waals surface area (Å²) in [5.41, 5.74) is 4.79. The summed E-state index contributed by atoms with van der Waals surface area (Å²) in [6.07, 6.45) is 16.0. The Bertz CT molecular complexity index is 287. The number of unbranched alkanes of at least 4 members (excludes halogenated alkanes) is 10. The van der Waals surface area contributed by atoms with Crippen LogP contribution >= 0.6 is 0 Å². The molecule has 2 atom stereocenters. The van der Waals surface area contributed by atoms with Gasteiger partial charge in [-0.05, 0) is 12.3 Å². The number of carbonyl (C=O) groups is 1. The van der Waals surface area contributed by atoms with Crippen molar-refractivity contribution in [1.29, 1.82) is 0 Å². The molecule has 3 heteroatoms. The van der Waals surface area contributed by atoms with Crippen molar-refractivity contribution in [3.8, 4) is 0 Å². The molecule has 1 amide bonds. The Kier molecular flexibility index (Phi) is 8.98. The lowest BCUT2D eigenvalue weighted by molar-refractivity contribution is -0.124. The molecule has 0 aromatic rings. The Morgan fingerprint density at radius 2 is 1.43 bits per heavy atom. The average molecular weight is 297 g/mol. The molecule has 1 heterocycles. The topological polar surface area (TPSA) is 55.6 Å². The fraction of sp³-hybridized carbons (Fsp3) is 0.944. The van der Waals surface area contributed by atoms with Gasteiger partial charge >= 0.3 is 0 Å². The Balaban J connectivity index is 1.86. The number of primary amides is 1. The summed E-state index contributed by atoms with van der Waals surface area (Å²) >= 11 is 0. The first-order valence-corrected chi connectivity index (χ1v) is 9.07. The molecule has 0 radical (unpaired) electrons. The summed E-state index contributed by atoms with van der Waals surface area (Å²) in [5, 5.41) is 0. The Hall–Kier alpha value is -0.570. The molecule has 1 fully saturated rings. The molecule has 3 nitrogen and oxygen atoms in total. The summed E-state index contributed by atoms with van der Waals surface area (Å²) in [7, 11) is 0. The number of ether oxygens (including phenoxy) is 1. The summed E-state index contributed by atoms with van der Waals surface area (Å²) in [6, 6.07) is 0. The molecule has 0 saturated carbocycles. The van der Waals surface area contributed by atoms with Crippen LogP contribution in [-0.2, 0) is 9.53 Å². The van der Waals surface area contributed by atoms with Crippen molar-refractivity contribution in [3.05, 3.63) is 0 Å². The highest BCUT2D eigenvalue weighted by molar-refractivity contribution is 5.86. The van der Waals surface area contributed by atoms with Gasteiger partial charge in [-0.1, -0.05) is 84.5 Å².